The number of hydrogen-bond donors (Lipinski definition) is 2. The molecule has 7 nitrogen and oxygen atoms in total. The molecule has 0 unspecified atom stereocenters. The van der Waals surface area contributed by atoms with Crippen LogP contribution >= 0.6 is 0 Å². The van der Waals surface area contributed by atoms with Crippen LogP contribution in [0.1, 0.15) is 10.6 Å². The number of aromatic amines is 1. The van der Waals surface area contributed by atoms with Gasteiger partial charge in [-0.1, -0.05) is 12.1 Å². The maximum Gasteiger partial charge on any atom is 0.291 e. The van der Waals surface area contributed by atoms with E-state index in [9.17, 15) is 9.18 Å². The number of amides is 1. The highest BCUT2D eigenvalue weighted by atomic mass is 19.1. The van der Waals surface area contributed by atoms with Gasteiger partial charge in [-0.25, -0.2) is 4.39 Å². The van der Waals surface area contributed by atoms with E-state index in [1.807, 2.05) is 0 Å². The Hall–Kier alpha value is -3.68. The Kier molecular flexibility index (Phi) is 3.85. The van der Waals surface area contributed by atoms with E-state index in [0.717, 1.165) is 5.56 Å². The number of aryl methyl sites for hydroxylation is 1. The second kappa shape index (κ2) is 6.32. The molecule has 1 amide bonds. The summed E-state index contributed by atoms with van der Waals surface area (Å²) < 4.78 is 21.2. The van der Waals surface area contributed by atoms with Crippen LogP contribution in [0.2, 0.25) is 0 Å². The largest absolute Gasteiger partial charge is 0.451 e. The van der Waals surface area contributed by atoms with E-state index in [2.05, 4.69) is 20.6 Å². The van der Waals surface area contributed by atoms with Crippen molar-refractivity contribution in [3.05, 3.63) is 66.6 Å². The first kappa shape index (κ1) is 15.8. The quantitative estimate of drug-likeness (QED) is 0.589. The van der Waals surface area contributed by atoms with Gasteiger partial charge in [0.25, 0.3) is 5.91 Å². The number of aromatic nitrogens is 4. The zero-order valence-corrected chi connectivity index (χ0v) is 13.7. The van der Waals surface area contributed by atoms with Gasteiger partial charge in [0.05, 0.1) is 29.3 Å². The Labute approximate surface area is 147 Å². The number of nitrogens with zero attached hydrogens (tertiary/aromatic N) is 3. The maximum atomic E-state index is 14.0. The molecule has 3 heterocycles. The Morgan fingerprint density at radius 2 is 2.08 bits per heavy atom. The normalized spacial score (nSPS) is 10.8. The third-order valence-electron chi connectivity index (χ3n) is 3.85. The summed E-state index contributed by atoms with van der Waals surface area (Å²) in [6, 6.07) is 9.51. The minimum atomic E-state index is -0.459. The molecule has 0 aliphatic rings. The van der Waals surface area contributed by atoms with E-state index in [4.69, 9.17) is 4.42 Å². The second-order valence-corrected chi connectivity index (χ2v) is 5.66. The lowest BCUT2D eigenvalue weighted by Gasteiger charge is -2.05. The maximum absolute atomic E-state index is 14.0. The Morgan fingerprint density at radius 1 is 1.23 bits per heavy atom. The molecule has 0 radical (unpaired) electrons. The fourth-order valence-electron chi connectivity index (χ4n) is 2.60. The number of carbonyl (C=O) groups excluding carboxylic acids is 1. The van der Waals surface area contributed by atoms with Crippen molar-refractivity contribution in [1.29, 1.82) is 0 Å². The molecule has 2 N–H and O–H groups in total. The van der Waals surface area contributed by atoms with Crippen LogP contribution < -0.4 is 5.32 Å². The predicted octanol–water partition coefficient (Wildman–Crippen LogP) is 3.46. The minimum absolute atomic E-state index is 0.129. The predicted molar refractivity (Wildman–Crippen MR) is 92.8 cm³/mol. The molecule has 3 aromatic heterocycles. The van der Waals surface area contributed by atoms with Crippen LogP contribution in [-0.2, 0) is 7.05 Å². The van der Waals surface area contributed by atoms with Gasteiger partial charge in [0.2, 0.25) is 0 Å². The first-order valence-corrected chi connectivity index (χ1v) is 7.80. The van der Waals surface area contributed by atoms with Crippen molar-refractivity contribution in [3.8, 4) is 22.6 Å². The third-order valence-corrected chi connectivity index (χ3v) is 3.85. The van der Waals surface area contributed by atoms with E-state index in [0.29, 0.717) is 22.7 Å². The van der Waals surface area contributed by atoms with Gasteiger partial charge < -0.3 is 9.73 Å². The fraction of sp³-hybridized carbons (Fsp3) is 0.0556. The third kappa shape index (κ3) is 2.88. The molecule has 4 rings (SSSR count). The van der Waals surface area contributed by atoms with Gasteiger partial charge in [0.1, 0.15) is 11.6 Å². The zero-order valence-electron chi connectivity index (χ0n) is 13.7. The molecular weight excluding hydrogens is 337 g/mol. The lowest BCUT2D eigenvalue weighted by molar-refractivity contribution is 0.0997. The number of halogens is 1. The van der Waals surface area contributed by atoms with Crippen molar-refractivity contribution < 1.29 is 13.6 Å². The lowest BCUT2D eigenvalue weighted by atomic mass is 10.1. The molecule has 0 aliphatic heterocycles. The Bertz CT molecular complexity index is 1080. The first-order valence-electron chi connectivity index (χ1n) is 7.80. The average molecular weight is 351 g/mol. The number of anilines is 1. The van der Waals surface area contributed by atoms with Crippen LogP contribution in [-0.4, -0.2) is 25.9 Å². The van der Waals surface area contributed by atoms with Crippen LogP contribution in [0.15, 0.2) is 59.4 Å². The van der Waals surface area contributed by atoms with Crippen molar-refractivity contribution in [2.24, 2.45) is 7.05 Å². The molecular formula is C18H14FN5O2. The molecule has 0 aliphatic carbocycles. The summed E-state index contributed by atoms with van der Waals surface area (Å²) in [4.78, 5) is 12.5. The molecule has 0 bridgehead atoms. The summed E-state index contributed by atoms with van der Waals surface area (Å²) in [5, 5.41) is 13.4. The number of hydrogen-bond acceptors (Lipinski definition) is 4. The molecule has 0 saturated heterocycles. The molecule has 0 fully saturated rings. The Morgan fingerprint density at radius 3 is 2.85 bits per heavy atom. The number of H-pyrrole nitrogens is 1. The number of nitrogens with one attached hydrogen (secondary N) is 2. The molecule has 4 aromatic rings. The summed E-state index contributed by atoms with van der Waals surface area (Å²) >= 11 is 0. The minimum Gasteiger partial charge on any atom is -0.451 e. The number of benzene rings is 1. The molecule has 0 atom stereocenters. The summed E-state index contributed by atoms with van der Waals surface area (Å²) in [7, 11) is 1.79. The van der Waals surface area contributed by atoms with Crippen molar-refractivity contribution in [2.75, 3.05) is 5.32 Å². The number of rotatable bonds is 4. The van der Waals surface area contributed by atoms with E-state index >= 15 is 0 Å². The van der Waals surface area contributed by atoms with Gasteiger partial charge >= 0.3 is 0 Å². The molecule has 0 saturated carbocycles. The van der Waals surface area contributed by atoms with Crippen molar-refractivity contribution in [3.63, 3.8) is 0 Å². The second-order valence-electron chi connectivity index (χ2n) is 5.66. The summed E-state index contributed by atoms with van der Waals surface area (Å²) in [6.07, 6.45) is 4.85. The summed E-state index contributed by atoms with van der Waals surface area (Å²) in [5.41, 5.74) is 1.83. The number of carbonyl (C=O) groups is 1. The SMILES string of the molecule is Cn1cc(-c2ccc(C(=O)Nc3cn[nH]c3-c3ccccc3F)o2)cn1. The highest BCUT2D eigenvalue weighted by Gasteiger charge is 2.17. The van der Waals surface area contributed by atoms with Crippen molar-refractivity contribution >= 4 is 11.6 Å². The van der Waals surface area contributed by atoms with E-state index in [1.165, 1.54) is 12.3 Å². The summed E-state index contributed by atoms with van der Waals surface area (Å²) in [6.45, 7) is 0. The monoisotopic (exact) mass is 351 g/mol. The van der Waals surface area contributed by atoms with Crippen LogP contribution in [0.3, 0.4) is 0 Å². The highest BCUT2D eigenvalue weighted by molar-refractivity contribution is 6.04. The van der Waals surface area contributed by atoms with Gasteiger partial charge in [0.15, 0.2) is 5.76 Å². The van der Waals surface area contributed by atoms with Crippen molar-refractivity contribution in [2.45, 2.75) is 0 Å². The van der Waals surface area contributed by atoms with Crippen LogP contribution in [0, 0.1) is 5.82 Å². The van der Waals surface area contributed by atoms with E-state index < -0.39 is 11.7 Å². The topological polar surface area (TPSA) is 88.7 Å². The van der Waals surface area contributed by atoms with Crippen LogP contribution in [0.5, 0.6) is 0 Å². The van der Waals surface area contributed by atoms with Crippen molar-refractivity contribution in [1.82, 2.24) is 20.0 Å². The molecule has 0 spiro atoms. The van der Waals surface area contributed by atoms with Gasteiger partial charge in [-0.15, -0.1) is 0 Å². The molecule has 8 heteroatoms. The van der Waals surface area contributed by atoms with Gasteiger partial charge in [-0.05, 0) is 24.3 Å². The van der Waals surface area contributed by atoms with Gasteiger partial charge in [-0.3, -0.25) is 14.6 Å². The van der Waals surface area contributed by atoms with Crippen LogP contribution in [0.25, 0.3) is 22.6 Å². The lowest BCUT2D eigenvalue weighted by Crippen LogP contribution is -2.11. The van der Waals surface area contributed by atoms with Gasteiger partial charge in [0, 0.05) is 18.8 Å². The van der Waals surface area contributed by atoms with Gasteiger partial charge in [-0.2, -0.15) is 10.2 Å². The smallest absolute Gasteiger partial charge is 0.291 e. The highest BCUT2D eigenvalue weighted by Crippen LogP contribution is 2.28. The fourth-order valence-corrected chi connectivity index (χ4v) is 2.60. The Balaban J connectivity index is 1.58. The first-order chi connectivity index (χ1) is 12.6. The molecule has 1 aromatic carbocycles. The molecule has 130 valence electrons. The van der Waals surface area contributed by atoms with Crippen LogP contribution in [0.4, 0.5) is 10.1 Å². The number of furan rings is 1. The summed E-state index contributed by atoms with van der Waals surface area (Å²) in [5.74, 6) is -0.211. The standard InChI is InChI=1S/C18H14FN5O2/c1-24-10-11(8-21-24)15-6-7-16(26-15)18(25)22-14-9-20-23-17(14)12-4-2-3-5-13(12)19/h2-10H,1H3,(H,20,23)(H,22,25). The van der Waals surface area contributed by atoms with E-state index in [1.54, 1.807) is 54.5 Å². The van der Waals surface area contributed by atoms with E-state index in [-0.39, 0.29) is 5.76 Å². The molecule has 26 heavy (non-hydrogen) atoms. The zero-order chi connectivity index (χ0) is 18.1. The average Bonchev–Trinajstić information content (AvgIpc) is 3.35.